The molecule has 22 heavy (non-hydrogen) atoms. The van der Waals surface area contributed by atoms with E-state index in [1.165, 1.54) is 5.56 Å². The first-order valence-corrected chi connectivity index (χ1v) is 8.34. The number of hydrogen-bond donors (Lipinski definition) is 0. The molecule has 0 aliphatic carbocycles. The minimum atomic E-state index is -0.0322. The summed E-state index contributed by atoms with van der Waals surface area (Å²) in [6, 6.07) is 10.2. The van der Waals surface area contributed by atoms with E-state index in [2.05, 4.69) is 26.0 Å². The SMILES string of the molecule is C[C@H](COCc1ccccc1)[C@@H]1CC[C@H](C)[C@@H]([C@@H](C)C=O)O1. The van der Waals surface area contributed by atoms with E-state index in [-0.39, 0.29) is 18.1 Å². The summed E-state index contributed by atoms with van der Waals surface area (Å²) in [5, 5.41) is 0. The zero-order valence-corrected chi connectivity index (χ0v) is 13.9. The predicted molar refractivity (Wildman–Crippen MR) is 87.5 cm³/mol. The van der Waals surface area contributed by atoms with Crippen molar-refractivity contribution in [3.63, 3.8) is 0 Å². The van der Waals surface area contributed by atoms with E-state index in [4.69, 9.17) is 9.47 Å². The smallest absolute Gasteiger partial charge is 0.125 e. The maximum atomic E-state index is 11.1. The largest absolute Gasteiger partial charge is 0.376 e. The van der Waals surface area contributed by atoms with Gasteiger partial charge < -0.3 is 14.3 Å². The standard InChI is InChI=1S/C19H28O3/c1-14-9-10-18(22-19(14)15(2)11-20)16(3)12-21-13-17-7-5-4-6-8-17/h4-8,11,14-16,18-19H,9-10,12-13H2,1-3H3/t14-,15-,16+,18-,19-/m0/s1. The first-order chi connectivity index (χ1) is 10.6. The average molecular weight is 304 g/mol. The van der Waals surface area contributed by atoms with Crippen molar-refractivity contribution in [2.75, 3.05) is 6.61 Å². The molecular weight excluding hydrogens is 276 g/mol. The second-order valence-corrected chi connectivity index (χ2v) is 6.67. The highest BCUT2D eigenvalue weighted by molar-refractivity contribution is 5.53. The van der Waals surface area contributed by atoms with Crippen molar-refractivity contribution in [3.05, 3.63) is 35.9 Å². The molecule has 1 aliphatic rings. The highest BCUT2D eigenvalue weighted by atomic mass is 16.5. The van der Waals surface area contributed by atoms with Crippen LogP contribution in [-0.4, -0.2) is 25.1 Å². The molecule has 0 aromatic heterocycles. The summed E-state index contributed by atoms with van der Waals surface area (Å²) in [5.41, 5.74) is 1.19. The molecule has 1 fully saturated rings. The normalized spacial score (nSPS) is 28.0. The molecule has 0 amide bonds. The summed E-state index contributed by atoms with van der Waals surface area (Å²) in [6.45, 7) is 7.64. The number of carbonyl (C=O) groups excluding carboxylic acids is 1. The molecule has 0 bridgehead atoms. The third-order valence-corrected chi connectivity index (χ3v) is 4.66. The van der Waals surface area contributed by atoms with Crippen LogP contribution in [0.4, 0.5) is 0 Å². The van der Waals surface area contributed by atoms with Crippen LogP contribution < -0.4 is 0 Å². The third-order valence-electron chi connectivity index (χ3n) is 4.66. The molecule has 1 aromatic rings. The average Bonchev–Trinajstić information content (AvgIpc) is 2.55. The van der Waals surface area contributed by atoms with Gasteiger partial charge in [0.25, 0.3) is 0 Å². The Morgan fingerprint density at radius 1 is 1.27 bits per heavy atom. The van der Waals surface area contributed by atoms with Gasteiger partial charge in [0.1, 0.15) is 6.29 Å². The Bertz CT molecular complexity index is 445. The van der Waals surface area contributed by atoms with Crippen LogP contribution in [0.15, 0.2) is 30.3 Å². The van der Waals surface area contributed by atoms with Gasteiger partial charge in [-0.1, -0.05) is 51.1 Å². The van der Waals surface area contributed by atoms with Crippen molar-refractivity contribution in [1.82, 2.24) is 0 Å². The van der Waals surface area contributed by atoms with Crippen LogP contribution in [0.2, 0.25) is 0 Å². The van der Waals surface area contributed by atoms with Crippen LogP contribution in [0.3, 0.4) is 0 Å². The van der Waals surface area contributed by atoms with Gasteiger partial charge in [-0.2, -0.15) is 0 Å². The van der Waals surface area contributed by atoms with Gasteiger partial charge in [-0.15, -0.1) is 0 Å². The Hall–Kier alpha value is -1.19. The summed E-state index contributed by atoms with van der Waals surface area (Å²) in [7, 11) is 0. The van der Waals surface area contributed by atoms with Crippen molar-refractivity contribution in [2.45, 2.75) is 52.4 Å². The topological polar surface area (TPSA) is 35.5 Å². The van der Waals surface area contributed by atoms with E-state index in [9.17, 15) is 4.79 Å². The fourth-order valence-corrected chi connectivity index (χ4v) is 3.18. The van der Waals surface area contributed by atoms with Crippen molar-refractivity contribution >= 4 is 6.29 Å². The van der Waals surface area contributed by atoms with Crippen LogP contribution in [-0.2, 0) is 20.9 Å². The molecule has 0 radical (unpaired) electrons. The molecule has 122 valence electrons. The monoisotopic (exact) mass is 304 g/mol. The predicted octanol–water partition coefficient (Wildman–Crippen LogP) is 3.86. The fourth-order valence-electron chi connectivity index (χ4n) is 3.18. The van der Waals surface area contributed by atoms with Crippen LogP contribution in [0.5, 0.6) is 0 Å². The van der Waals surface area contributed by atoms with Crippen LogP contribution in [0, 0.1) is 17.8 Å². The van der Waals surface area contributed by atoms with E-state index in [1.54, 1.807) is 0 Å². The Morgan fingerprint density at radius 2 is 2.00 bits per heavy atom. The minimum Gasteiger partial charge on any atom is -0.376 e. The van der Waals surface area contributed by atoms with Crippen LogP contribution in [0.1, 0.15) is 39.2 Å². The number of ether oxygens (including phenoxy) is 2. The molecule has 2 rings (SSSR count). The number of hydrogen-bond acceptors (Lipinski definition) is 3. The van der Waals surface area contributed by atoms with Crippen molar-refractivity contribution in [1.29, 1.82) is 0 Å². The minimum absolute atomic E-state index is 0.0322. The van der Waals surface area contributed by atoms with Crippen LogP contribution in [0.25, 0.3) is 0 Å². The molecule has 0 unspecified atom stereocenters. The summed E-state index contributed by atoms with van der Waals surface area (Å²) < 4.78 is 12.0. The fraction of sp³-hybridized carbons (Fsp3) is 0.632. The van der Waals surface area contributed by atoms with Crippen molar-refractivity contribution in [3.8, 4) is 0 Å². The summed E-state index contributed by atoms with van der Waals surface area (Å²) in [6.07, 6.45) is 3.43. The van der Waals surface area contributed by atoms with E-state index in [0.717, 1.165) is 19.1 Å². The van der Waals surface area contributed by atoms with E-state index in [1.807, 2.05) is 25.1 Å². The van der Waals surface area contributed by atoms with E-state index in [0.29, 0.717) is 25.0 Å². The Labute approximate surface area is 134 Å². The Balaban J connectivity index is 1.79. The highest BCUT2D eigenvalue weighted by Gasteiger charge is 2.34. The third kappa shape index (κ3) is 4.65. The van der Waals surface area contributed by atoms with Gasteiger partial charge in [0.2, 0.25) is 0 Å². The summed E-state index contributed by atoms with van der Waals surface area (Å²) >= 11 is 0. The molecular formula is C19H28O3. The molecule has 0 N–H and O–H groups in total. The molecule has 5 atom stereocenters. The van der Waals surface area contributed by atoms with Crippen molar-refractivity contribution < 1.29 is 14.3 Å². The lowest BCUT2D eigenvalue weighted by Gasteiger charge is -2.39. The molecule has 0 saturated carbocycles. The number of carbonyl (C=O) groups is 1. The second-order valence-electron chi connectivity index (χ2n) is 6.67. The van der Waals surface area contributed by atoms with Crippen LogP contribution >= 0.6 is 0 Å². The summed E-state index contributed by atoms with van der Waals surface area (Å²) in [4.78, 5) is 11.1. The Kier molecular flexibility index (Phi) is 6.59. The quantitative estimate of drug-likeness (QED) is 0.718. The first kappa shape index (κ1) is 17.2. The molecule has 1 aliphatic heterocycles. The van der Waals surface area contributed by atoms with E-state index >= 15 is 0 Å². The van der Waals surface area contributed by atoms with E-state index < -0.39 is 0 Å². The number of rotatable bonds is 7. The highest BCUT2D eigenvalue weighted by Crippen LogP contribution is 2.32. The number of benzene rings is 1. The van der Waals surface area contributed by atoms with Gasteiger partial charge in [0.15, 0.2) is 0 Å². The van der Waals surface area contributed by atoms with Gasteiger partial charge in [-0.25, -0.2) is 0 Å². The summed E-state index contributed by atoms with van der Waals surface area (Å²) in [5.74, 6) is 0.765. The molecule has 0 spiro atoms. The zero-order valence-electron chi connectivity index (χ0n) is 13.9. The molecule has 3 nitrogen and oxygen atoms in total. The van der Waals surface area contributed by atoms with Gasteiger partial charge in [0.05, 0.1) is 25.4 Å². The van der Waals surface area contributed by atoms with Crippen molar-refractivity contribution in [2.24, 2.45) is 17.8 Å². The molecule has 1 saturated heterocycles. The lowest BCUT2D eigenvalue weighted by Crippen LogP contribution is -2.42. The van der Waals surface area contributed by atoms with Gasteiger partial charge in [0, 0.05) is 11.8 Å². The van der Waals surface area contributed by atoms with Gasteiger partial charge >= 0.3 is 0 Å². The second kappa shape index (κ2) is 8.44. The Morgan fingerprint density at radius 3 is 2.68 bits per heavy atom. The lowest BCUT2D eigenvalue weighted by molar-refractivity contribution is -0.141. The first-order valence-electron chi connectivity index (χ1n) is 8.34. The molecule has 1 heterocycles. The maximum absolute atomic E-state index is 11.1. The molecule has 1 aromatic carbocycles. The lowest BCUT2D eigenvalue weighted by atomic mass is 9.84. The molecule has 3 heteroatoms. The van der Waals surface area contributed by atoms with Gasteiger partial charge in [-0.05, 0) is 24.3 Å². The maximum Gasteiger partial charge on any atom is 0.125 e. The zero-order chi connectivity index (χ0) is 15.9. The van der Waals surface area contributed by atoms with Gasteiger partial charge in [-0.3, -0.25) is 0 Å². The number of aldehydes is 1.